The maximum atomic E-state index is 13.6. The number of hydrogen-bond acceptors (Lipinski definition) is 2. The topological polar surface area (TPSA) is 31.1 Å². The summed E-state index contributed by atoms with van der Waals surface area (Å²) >= 11 is 0. The van der Waals surface area contributed by atoms with E-state index in [2.05, 4.69) is 53.3 Å². The number of aryl methyl sites for hydroxylation is 2. The van der Waals surface area contributed by atoms with Crippen LogP contribution in [0.25, 0.3) is 10.9 Å². The predicted octanol–water partition coefficient (Wildman–Crippen LogP) is 4.11. The van der Waals surface area contributed by atoms with Crippen LogP contribution >= 0.6 is 0 Å². The summed E-state index contributed by atoms with van der Waals surface area (Å²) in [7, 11) is 2.05. The third-order valence-electron chi connectivity index (χ3n) is 5.78. The molecule has 0 spiro atoms. The van der Waals surface area contributed by atoms with Gasteiger partial charge in [0.25, 0.3) is 0 Å². The molecule has 0 amide bonds. The van der Waals surface area contributed by atoms with Gasteiger partial charge in [-0.2, -0.15) is 0 Å². The van der Waals surface area contributed by atoms with Gasteiger partial charge in [-0.25, -0.2) is 4.39 Å². The molecule has 1 fully saturated rings. The van der Waals surface area contributed by atoms with Crippen molar-refractivity contribution in [3.63, 3.8) is 0 Å². The van der Waals surface area contributed by atoms with Crippen molar-refractivity contribution in [3.8, 4) is 0 Å². The van der Waals surface area contributed by atoms with E-state index in [1.165, 1.54) is 22.9 Å². The largest absolute Gasteiger partial charge is 0.357 e. The highest BCUT2D eigenvalue weighted by molar-refractivity contribution is 5.84. The third-order valence-corrected chi connectivity index (χ3v) is 5.78. The number of H-pyrrole nitrogens is 1. The molecule has 0 saturated carbocycles. The second-order valence-electron chi connectivity index (χ2n) is 7.52. The Morgan fingerprint density at radius 1 is 1.12 bits per heavy atom. The summed E-state index contributed by atoms with van der Waals surface area (Å²) in [5.41, 5.74) is 6.04. The molecule has 3 aromatic rings. The van der Waals surface area contributed by atoms with Gasteiger partial charge in [0.2, 0.25) is 0 Å². The maximum Gasteiger partial charge on any atom is 0.123 e. The molecule has 26 heavy (non-hydrogen) atoms. The van der Waals surface area contributed by atoms with E-state index >= 15 is 0 Å². The minimum atomic E-state index is -0.179. The molecule has 0 radical (unpaired) electrons. The van der Waals surface area contributed by atoms with E-state index in [4.69, 9.17) is 0 Å². The lowest BCUT2D eigenvalue weighted by atomic mass is 9.94. The van der Waals surface area contributed by atoms with Gasteiger partial charge in [0, 0.05) is 48.2 Å². The normalized spacial score (nSPS) is 20.9. The summed E-state index contributed by atoms with van der Waals surface area (Å²) in [5, 5.41) is 4.48. The van der Waals surface area contributed by atoms with Crippen LogP contribution < -0.4 is 5.32 Å². The second kappa shape index (κ2) is 6.86. The number of nitrogens with one attached hydrogen (secondary N) is 2. The smallest absolute Gasteiger partial charge is 0.123 e. The van der Waals surface area contributed by atoms with Crippen molar-refractivity contribution < 1.29 is 4.39 Å². The number of nitrogens with zero attached hydrogens (tertiary/aromatic N) is 1. The fraction of sp³-hybridized carbons (Fsp3) is 0.364. The molecule has 136 valence electrons. The molecule has 1 saturated heterocycles. The average molecular weight is 351 g/mol. The molecule has 4 heteroatoms. The fourth-order valence-corrected chi connectivity index (χ4v) is 4.19. The van der Waals surface area contributed by atoms with Crippen molar-refractivity contribution in [2.45, 2.75) is 32.4 Å². The van der Waals surface area contributed by atoms with Crippen molar-refractivity contribution >= 4 is 10.9 Å². The number of benzene rings is 2. The van der Waals surface area contributed by atoms with E-state index in [9.17, 15) is 4.39 Å². The molecule has 3 nitrogen and oxygen atoms in total. The molecule has 1 aromatic heterocycles. The Kier molecular flexibility index (Phi) is 4.55. The molecular formula is C22H26FN3. The highest BCUT2D eigenvalue weighted by Crippen LogP contribution is 2.30. The molecular weight excluding hydrogens is 325 g/mol. The molecule has 2 atom stereocenters. The summed E-state index contributed by atoms with van der Waals surface area (Å²) in [4.78, 5) is 5.97. The van der Waals surface area contributed by atoms with E-state index in [1.54, 1.807) is 6.07 Å². The first-order chi connectivity index (χ1) is 12.5. The standard InChI is InChI=1S/C22H26FN3/c1-14-4-6-16(7-5-14)19-11-26(13-22(19)24-3)12-21-15(2)18-10-17(23)8-9-20(18)25-21/h4-10,19,22,24-25H,11-13H2,1-3H3. The van der Waals surface area contributed by atoms with Gasteiger partial charge in [0.05, 0.1) is 0 Å². The zero-order valence-electron chi connectivity index (χ0n) is 15.6. The van der Waals surface area contributed by atoms with Crippen LogP contribution in [-0.2, 0) is 6.54 Å². The number of likely N-dealkylation sites (tertiary alicyclic amines) is 1. The molecule has 2 heterocycles. The molecule has 1 aliphatic heterocycles. The van der Waals surface area contributed by atoms with Crippen molar-refractivity contribution in [2.75, 3.05) is 20.1 Å². The van der Waals surface area contributed by atoms with Crippen molar-refractivity contribution in [1.29, 1.82) is 0 Å². The van der Waals surface area contributed by atoms with Crippen LogP contribution in [0.5, 0.6) is 0 Å². The molecule has 1 aliphatic rings. The number of aromatic amines is 1. The number of aromatic nitrogens is 1. The Labute approximate surface area is 154 Å². The van der Waals surface area contributed by atoms with E-state index in [0.717, 1.165) is 36.1 Å². The van der Waals surface area contributed by atoms with Gasteiger partial charge in [0.15, 0.2) is 0 Å². The Morgan fingerprint density at radius 3 is 2.62 bits per heavy atom. The van der Waals surface area contributed by atoms with Crippen LogP contribution in [0.3, 0.4) is 0 Å². The monoisotopic (exact) mass is 351 g/mol. The first-order valence-electron chi connectivity index (χ1n) is 9.28. The summed E-state index contributed by atoms with van der Waals surface area (Å²) in [6.45, 7) is 7.11. The molecule has 4 rings (SSSR count). The summed E-state index contributed by atoms with van der Waals surface area (Å²) < 4.78 is 13.6. The van der Waals surface area contributed by atoms with E-state index in [0.29, 0.717) is 12.0 Å². The fourth-order valence-electron chi connectivity index (χ4n) is 4.19. The van der Waals surface area contributed by atoms with Crippen LogP contribution in [-0.4, -0.2) is 36.1 Å². The molecule has 0 aliphatic carbocycles. The summed E-state index contributed by atoms with van der Waals surface area (Å²) in [6.07, 6.45) is 0. The number of fused-ring (bicyclic) bond motifs is 1. The first kappa shape index (κ1) is 17.3. The summed E-state index contributed by atoms with van der Waals surface area (Å²) in [5.74, 6) is 0.310. The number of likely N-dealkylation sites (N-methyl/N-ethyl adjacent to an activating group) is 1. The average Bonchev–Trinajstić information content (AvgIpc) is 3.18. The van der Waals surface area contributed by atoms with Crippen LogP contribution in [0.15, 0.2) is 42.5 Å². The maximum absolute atomic E-state index is 13.6. The van der Waals surface area contributed by atoms with E-state index < -0.39 is 0 Å². The quantitative estimate of drug-likeness (QED) is 0.741. The lowest BCUT2D eigenvalue weighted by molar-refractivity contribution is 0.316. The van der Waals surface area contributed by atoms with Crippen molar-refractivity contribution in [1.82, 2.24) is 15.2 Å². The first-order valence-corrected chi connectivity index (χ1v) is 9.28. The van der Waals surface area contributed by atoms with E-state index in [1.807, 2.05) is 13.1 Å². The van der Waals surface area contributed by atoms with Gasteiger partial charge in [-0.05, 0) is 50.2 Å². The molecule has 2 unspecified atom stereocenters. The number of rotatable bonds is 4. The van der Waals surface area contributed by atoms with Crippen molar-refractivity contribution in [3.05, 3.63) is 70.7 Å². The molecule has 2 N–H and O–H groups in total. The summed E-state index contributed by atoms with van der Waals surface area (Å²) in [6, 6.07) is 14.3. The SMILES string of the molecule is CNC1CN(Cc2[nH]c3ccc(F)cc3c2C)CC1c1ccc(C)cc1. The third kappa shape index (κ3) is 3.15. The van der Waals surface area contributed by atoms with Gasteiger partial charge in [-0.15, -0.1) is 0 Å². The Balaban J connectivity index is 1.56. The molecule has 0 bridgehead atoms. The Morgan fingerprint density at radius 2 is 1.88 bits per heavy atom. The predicted molar refractivity (Wildman–Crippen MR) is 105 cm³/mol. The highest BCUT2D eigenvalue weighted by Gasteiger charge is 2.33. The minimum Gasteiger partial charge on any atom is -0.357 e. The van der Waals surface area contributed by atoms with Gasteiger partial charge in [-0.1, -0.05) is 29.8 Å². The van der Waals surface area contributed by atoms with Gasteiger partial charge in [-0.3, -0.25) is 4.90 Å². The Hall–Kier alpha value is -2.17. The van der Waals surface area contributed by atoms with Crippen LogP contribution in [0.4, 0.5) is 4.39 Å². The lowest BCUT2D eigenvalue weighted by Crippen LogP contribution is -2.32. The molecule has 2 aromatic carbocycles. The zero-order valence-corrected chi connectivity index (χ0v) is 15.6. The van der Waals surface area contributed by atoms with Gasteiger partial charge < -0.3 is 10.3 Å². The van der Waals surface area contributed by atoms with Crippen LogP contribution in [0, 0.1) is 19.7 Å². The lowest BCUT2D eigenvalue weighted by Gasteiger charge is -2.18. The van der Waals surface area contributed by atoms with Gasteiger partial charge >= 0.3 is 0 Å². The van der Waals surface area contributed by atoms with Crippen LogP contribution in [0.2, 0.25) is 0 Å². The number of hydrogen-bond donors (Lipinski definition) is 2. The second-order valence-corrected chi connectivity index (χ2v) is 7.52. The zero-order chi connectivity index (χ0) is 18.3. The van der Waals surface area contributed by atoms with Gasteiger partial charge in [0.1, 0.15) is 5.82 Å². The van der Waals surface area contributed by atoms with Crippen molar-refractivity contribution in [2.24, 2.45) is 0 Å². The van der Waals surface area contributed by atoms with E-state index in [-0.39, 0.29) is 5.82 Å². The van der Waals surface area contributed by atoms with Crippen LogP contribution in [0.1, 0.15) is 28.3 Å². The highest BCUT2D eigenvalue weighted by atomic mass is 19.1. The Bertz CT molecular complexity index is 913. The minimum absolute atomic E-state index is 0.179. The number of halogens is 1.